The molecule has 8 heteroatoms. The maximum Gasteiger partial charge on any atom is 0.416 e. The van der Waals surface area contributed by atoms with Crippen LogP contribution in [-0.4, -0.2) is 42.9 Å². The maximum absolute atomic E-state index is 14.2. The van der Waals surface area contributed by atoms with E-state index < -0.39 is 29.0 Å². The van der Waals surface area contributed by atoms with E-state index >= 15 is 0 Å². The first-order chi connectivity index (χ1) is 18.0. The Balaban J connectivity index is 1.52. The van der Waals surface area contributed by atoms with Gasteiger partial charge in [-0.1, -0.05) is 31.5 Å². The van der Waals surface area contributed by atoms with Crippen LogP contribution in [-0.2, 0) is 15.8 Å². The van der Waals surface area contributed by atoms with Crippen LogP contribution in [0.1, 0.15) is 67.2 Å². The van der Waals surface area contributed by atoms with Gasteiger partial charge in [0.2, 0.25) is 11.8 Å². The van der Waals surface area contributed by atoms with E-state index in [1.54, 1.807) is 17.9 Å². The van der Waals surface area contributed by atoms with Crippen molar-refractivity contribution in [3.63, 3.8) is 0 Å². The van der Waals surface area contributed by atoms with Crippen LogP contribution < -0.4 is 10.2 Å². The third-order valence-electron chi connectivity index (χ3n) is 8.61. The number of alkyl halides is 3. The van der Waals surface area contributed by atoms with Gasteiger partial charge in [0.25, 0.3) is 0 Å². The number of piperidine rings is 1. The Labute approximate surface area is 222 Å². The lowest BCUT2D eigenvalue weighted by molar-refractivity contribution is -0.137. The van der Waals surface area contributed by atoms with Crippen molar-refractivity contribution in [2.24, 2.45) is 11.3 Å². The summed E-state index contributed by atoms with van der Waals surface area (Å²) in [5.41, 5.74) is 1.61. The highest BCUT2D eigenvalue weighted by atomic mass is 19.4. The van der Waals surface area contributed by atoms with Gasteiger partial charge in [-0.3, -0.25) is 9.59 Å². The number of carbonyl (C=O) groups is 2. The number of rotatable bonds is 6. The van der Waals surface area contributed by atoms with Gasteiger partial charge in [0.05, 0.1) is 16.9 Å². The number of amides is 2. The smallest absolute Gasteiger partial charge is 0.325 e. The number of hydrogen-bond donors (Lipinski definition) is 1. The number of nitrogens with zero attached hydrogens (tertiary/aromatic N) is 2. The van der Waals surface area contributed by atoms with Crippen molar-refractivity contribution < 1.29 is 22.8 Å². The Hall–Kier alpha value is -2.87. The first-order valence-corrected chi connectivity index (χ1v) is 13.6. The summed E-state index contributed by atoms with van der Waals surface area (Å²) in [4.78, 5) is 31.9. The van der Waals surface area contributed by atoms with Crippen LogP contribution in [0.3, 0.4) is 0 Å². The normalized spacial score (nSPS) is 24.6. The van der Waals surface area contributed by atoms with Crippen LogP contribution in [0.4, 0.5) is 24.5 Å². The lowest BCUT2D eigenvalue weighted by atomic mass is 9.76. The van der Waals surface area contributed by atoms with Crippen molar-refractivity contribution in [1.29, 1.82) is 0 Å². The second kappa shape index (κ2) is 10.0. The monoisotopic (exact) mass is 527 g/mol. The molecule has 3 fully saturated rings. The molecule has 3 aliphatic rings. The SMILES string of the molecule is Cc1cccc(C)c1N1C[C@@](CN2CCCCC2)(C(=O)Nc2cc(C3CC3)cc(C(F)(F)F)c2)[C@H](C)C1=O. The van der Waals surface area contributed by atoms with E-state index in [2.05, 4.69) is 10.2 Å². The summed E-state index contributed by atoms with van der Waals surface area (Å²) in [5, 5.41) is 2.86. The number of anilines is 2. The first kappa shape index (κ1) is 26.7. The molecule has 1 saturated carbocycles. The van der Waals surface area contributed by atoms with Gasteiger partial charge < -0.3 is 15.1 Å². The molecule has 1 aliphatic carbocycles. The number of carbonyl (C=O) groups excluding carboxylic acids is 2. The predicted octanol–water partition coefficient (Wildman–Crippen LogP) is 6.29. The summed E-state index contributed by atoms with van der Waals surface area (Å²) in [6.07, 6.45) is 0.379. The lowest BCUT2D eigenvalue weighted by Gasteiger charge is -2.38. The number of nitrogens with one attached hydrogen (secondary N) is 1. The Bertz CT molecular complexity index is 1210. The Kier molecular flexibility index (Phi) is 7.05. The van der Waals surface area contributed by atoms with E-state index in [0.29, 0.717) is 12.1 Å². The standard InChI is InChI=1S/C30H36F3N3O2/c1-19-8-7-9-20(2)26(19)36-18-29(21(3)27(36)37,17-35-12-5-4-6-13-35)28(38)34-25-15-23(22-10-11-22)14-24(16-25)30(31,32)33/h7-9,14-16,21-22H,4-6,10-13,17-18H2,1-3H3,(H,34,38)/t21-,29-/m1/s1. The quantitative estimate of drug-likeness (QED) is 0.480. The molecular formula is C30H36F3N3O2. The molecule has 2 atom stereocenters. The average molecular weight is 528 g/mol. The molecule has 204 valence electrons. The van der Waals surface area contributed by atoms with E-state index in [1.807, 2.05) is 32.0 Å². The van der Waals surface area contributed by atoms with Gasteiger partial charge in [-0.05, 0) is 93.4 Å². The summed E-state index contributed by atoms with van der Waals surface area (Å²) in [7, 11) is 0. The molecule has 0 bridgehead atoms. The van der Waals surface area contributed by atoms with Crippen LogP contribution in [0.5, 0.6) is 0 Å². The van der Waals surface area contributed by atoms with Crippen molar-refractivity contribution in [2.75, 3.05) is 36.4 Å². The van der Waals surface area contributed by atoms with E-state index in [0.717, 1.165) is 68.1 Å². The van der Waals surface area contributed by atoms with E-state index in [-0.39, 0.29) is 24.1 Å². The van der Waals surface area contributed by atoms with Crippen LogP contribution in [0.15, 0.2) is 36.4 Å². The molecule has 2 saturated heterocycles. The molecular weight excluding hydrogens is 491 g/mol. The topological polar surface area (TPSA) is 52.6 Å². The zero-order valence-electron chi connectivity index (χ0n) is 22.3. The van der Waals surface area contributed by atoms with Crippen LogP contribution >= 0.6 is 0 Å². The third-order valence-corrected chi connectivity index (χ3v) is 8.61. The fraction of sp³-hybridized carbons (Fsp3) is 0.533. The molecule has 2 aliphatic heterocycles. The fourth-order valence-electron chi connectivity index (χ4n) is 6.23. The molecule has 1 N–H and O–H groups in total. The maximum atomic E-state index is 14.2. The van der Waals surface area contributed by atoms with Crippen molar-refractivity contribution in [2.45, 2.75) is 65.0 Å². The Morgan fingerprint density at radius 2 is 1.71 bits per heavy atom. The van der Waals surface area contributed by atoms with Crippen LogP contribution in [0, 0.1) is 25.2 Å². The molecule has 0 aromatic heterocycles. The highest BCUT2D eigenvalue weighted by Gasteiger charge is 2.56. The second-order valence-corrected chi connectivity index (χ2v) is 11.4. The van der Waals surface area contributed by atoms with Gasteiger partial charge in [0, 0.05) is 24.5 Å². The predicted molar refractivity (Wildman–Crippen MR) is 142 cm³/mol. The summed E-state index contributed by atoms with van der Waals surface area (Å²) in [6.45, 7) is 7.96. The molecule has 2 aromatic rings. The third kappa shape index (κ3) is 5.07. The lowest BCUT2D eigenvalue weighted by Crippen LogP contribution is -2.51. The molecule has 2 heterocycles. The van der Waals surface area contributed by atoms with E-state index in [4.69, 9.17) is 0 Å². The Morgan fingerprint density at radius 1 is 1.05 bits per heavy atom. The number of hydrogen-bond acceptors (Lipinski definition) is 3. The van der Waals surface area contributed by atoms with Gasteiger partial charge in [0.1, 0.15) is 0 Å². The van der Waals surface area contributed by atoms with Crippen molar-refractivity contribution in [3.05, 3.63) is 58.7 Å². The van der Waals surface area contributed by atoms with Crippen molar-refractivity contribution in [3.8, 4) is 0 Å². The van der Waals surface area contributed by atoms with E-state index in [9.17, 15) is 22.8 Å². The average Bonchev–Trinajstić information content (AvgIpc) is 3.69. The van der Waals surface area contributed by atoms with Gasteiger partial charge in [0.15, 0.2) is 0 Å². The van der Waals surface area contributed by atoms with Crippen molar-refractivity contribution in [1.82, 2.24) is 4.90 Å². The number of likely N-dealkylation sites (tertiary alicyclic amines) is 1. The molecule has 0 unspecified atom stereocenters. The zero-order chi connectivity index (χ0) is 27.2. The van der Waals surface area contributed by atoms with Crippen molar-refractivity contribution >= 4 is 23.2 Å². The zero-order valence-corrected chi connectivity index (χ0v) is 22.3. The number of halogens is 3. The number of aryl methyl sites for hydroxylation is 2. The van der Waals surface area contributed by atoms with Crippen LogP contribution in [0.25, 0.3) is 0 Å². The van der Waals surface area contributed by atoms with Gasteiger partial charge >= 0.3 is 6.18 Å². The van der Waals surface area contributed by atoms with Crippen LogP contribution in [0.2, 0.25) is 0 Å². The number of benzene rings is 2. The Morgan fingerprint density at radius 3 is 2.32 bits per heavy atom. The molecule has 2 aromatic carbocycles. The highest BCUT2D eigenvalue weighted by Crippen LogP contribution is 2.45. The number of para-hydroxylation sites is 1. The minimum atomic E-state index is -4.51. The minimum Gasteiger partial charge on any atom is -0.325 e. The molecule has 5 nitrogen and oxygen atoms in total. The minimum absolute atomic E-state index is 0.0989. The summed E-state index contributed by atoms with van der Waals surface area (Å²) in [6, 6.07) is 9.73. The largest absolute Gasteiger partial charge is 0.416 e. The molecule has 0 spiro atoms. The second-order valence-electron chi connectivity index (χ2n) is 11.4. The molecule has 38 heavy (non-hydrogen) atoms. The summed E-state index contributed by atoms with van der Waals surface area (Å²) >= 11 is 0. The fourth-order valence-corrected chi connectivity index (χ4v) is 6.23. The molecule has 2 amide bonds. The first-order valence-electron chi connectivity index (χ1n) is 13.6. The van der Waals surface area contributed by atoms with E-state index in [1.165, 1.54) is 6.07 Å². The van der Waals surface area contributed by atoms with Gasteiger partial charge in [-0.2, -0.15) is 13.2 Å². The van der Waals surface area contributed by atoms with Gasteiger partial charge in [-0.25, -0.2) is 0 Å². The molecule has 5 rings (SSSR count). The summed E-state index contributed by atoms with van der Waals surface area (Å²) in [5.74, 6) is -1.05. The van der Waals surface area contributed by atoms with Gasteiger partial charge in [-0.15, -0.1) is 0 Å². The summed E-state index contributed by atoms with van der Waals surface area (Å²) < 4.78 is 41.1. The molecule has 0 radical (unpaired) electrons. The highest BCUT2D eigenvalue weighted by molar-refractivity contribution is 6.08.